The average molecular weight is 446 g/mol. The second kappa shape index (κ2) is 9.39. The molecule has 0 fully saturated rings. The van der Waals surface area contributed by atoms with Crippen molar-refractivity contribution in [1.82, 2.24) is 0 Å². The van der Waals surface area contributed by atoms with E-state index in [2.05, 4.69) is 0 Å². The highest BCUT2D eigenvalue weighted by Gasteiger charge is 2.36. The molecular weight excluding hydrogens is 432 g/mol. The SMILES string of the molecule is Fc1ccc(C(CC(F)(F)F)SSC(CC(F)(F)F)c2ccc(F)cc2)cc1. The van der Waals surface area contributed by atoms with E-state index in [9.17, 15) is 35.1 Å². The molecule has 10 heteroatoms. The van der Waals surface area contributed by atoms with Crippen molar-refractivity contribution in [2.75, 3.05) is 0 Å². The molecule has 154 valence electrons. The van der Waals surface area contributed by atoms with Gasteiger partial charge >= 0.3 is 12.4 Å². The van der Waals surface area contributed by atoms with Crippen molar-refractivity contribution in [2.45, 2.75) is 35.7 Å². The summed E-state index contributed by atoms with van der Waals surface area (Å²) in [4.78, 5) is 0. The number of halogens is 8. The van der Waals surface area contributed by atoms with Gasteiger partial charge in [-0.3, -0.25) is 0 Å². The van der Waals surface area contributed by atoms with E-state index in [0.717, 1.165) is 24.3 Å². The molecule has 0 heterocycles. The minimum atomic E-state index is -4.55. The maximum Gasteiger partial charge on any atom is 0.390 e. The van der Waals surface area contributed by atoms with E-state index >= 15 is 0 Å². The Balaban J connectivity index is 2.21. The Kier molecular flexibility index (Phi) is 7.66. The third-order valence-corrected chi connectivity index (χ3v) is 6.79. The topological polar surface area (TPSA) is 0 Å². The average Bonchev–Trinajstić information content (AvgIpc) is 2.57. The molecule has 0 radical (unpaired) electrons. The Hall–Kier alpha value is -1.42. The Morgan fingerprint density at radius 2 is 0.857 bits per heavy atom. The highest BCUT2D eigenvalue weighted by atomic mass is 33.1. The summed E-state index contributed by atoms with van der Waals surface area (Å²) in [7, 11) is 1.27. The van der Waals surface area contributed by atoms with Crippen LogP contribution in [0.2, 0.25) is 0 Å². The van der Waals surface area contributed by atoms with Gasteiger partial charge in [-0.1, -0.05) is 45.9 Å². The maximum absolute atomic E-state index is 13.1. The number of rotatable bonds is 7. The molecule has 0 aromatic heterocycles. The summed E-state index contributed by atoms with van der Waals surface area (Å²) >= 11 is 0. The van der Waals surface area contributed by atoms with Crippen LogP contribution in [0.4, 0.5) is 35.1 Å². The van der Waals surface area contributed by atoms with Gasteiger partial charge in [0.05, 0.1) is 12.8 Å². The molecule has 2 unspecified atom stereocenters. The molecule has 0 aliphatic rings. The number of hydrogen-bond donors (Lipinski definition) is 0. The van der Waals surface area contributed by atoms with Gasteiger partial charge in [-0.2, -0.15) is 26.3 Å². The van der Waals surface area contributed by atoms with E-state index in [1.165, 1.54) is 24.3 Å². The fraction of sp³-hybridized carbons (Fsp3) is 0.333. The first kappa shape index (κ1) is 22.9. The monoisotopic (exact) mass is 446 g/mol. The van der Waals surface area contributed by atoms with E-state index in [0.29, 0.717) is 21.6 Å². The van der Waals surface area contributed by atoms with E-state index in [1.54, 1.807) is 0 Å². The van der Waals surface area contributed by atoms with Gasteiger partial charge in [0.25, 0.3) is 0 Å². The summed E-state index contributed by atoms with van der Waals surface area (Å²) in [5.74, 6) is -1.26. The van der Waals surface area contributed by atoms with E-state index < -0.39 is 47.3 Å². The molecule has 2 atom stereocenters. The first-order valence-electron chi connectivity index (χ1n) is 7.89. The molecule has 0 aliphatic heterocycles. The van der Waals surface area contributed by atoms with Crippen molar-refractivity contribution >= 4 is 21.6 Å². The van der Waals surface area contributed by atoms with Gasteiger partial charge in [0, 0.05) is 10.5 Å². The lowest BCUT2D eigenvalue weighted by Crippen LogP contribution is -2.13. The van der Waals surface area contributed by atoms with E-state index in [4.69, 9.17) is 0 Å². The van der Waals surface area contributed by atoms with Crippen LogP contribution >= 0.6 is 21.6 Å². The highest BCUT2D eigenvalue weighted by molar-refractivity contribution is 8.76. The summed E-state index contributed by atoms with van der Waals surface area (Å²) in [6, 6.07) is 8.69. The molecular formula is C18H14F8S2. The lowest BCUT2D eigenvalue weighted by atomic mass is 10.1. The number of benzene rings is 2. The zero-order valence-electron chi connectivity index (χ0n) is 14.0. The Morgan fingerprint density at radius 1 is 0.571 bits per heavy atom. The number of hydrogen-bond acceptors (Lipinski definition) is 2. The van der Waals surface area contributed by atoms with Gasteiger partial charge in [0.15, 0.2) is 0 Å². The van der Waals surface area contributed by atoms with Gasteiger partial charge in [-0.25, -0.2) is 8.78 Å². The minimum absolute atomic E-state index is 0.154. The second-order valence-electron chi connectivity index (χ2n) is 5.91. The summed E-state index contributed by atoms with van der Waals surface area (Å²) in [5, 5.41) is -2.44. The van der Waals surface area contributed by atoms with Gasteiger partial charge < -0.3 is 0 Å². The predicted octanol–water partition coefficient (Wildman–Crippen LogP) is 8.03. The lowest BCUT2D eigenvalue weighted by Gasteiger charge is -2.23. The molecule has 0 saturated carbocycles. The quantitative estimate of drug-likeness (QED) is 0.312. The zero-order chi connectivity index (χ0) is 20.9. The summed E-state index contributed by atoms with van der Waals surface area (Å²) in [6.07, 6.45) is -11.7. The molecule has 0 amide bonds. The lowest BCUT2D eigenvalue weighted by molar-refractivity contribution is -0.135. The van der Waals surface area contributed by atoms with Crippen LogP contribution in [-0.2, 0) is 0 Å². The molecule has 2 aromatic carbocycles. The second-order valence-corrected chi connectivity index (χ2v) is 8.59. The molecule has 28 heavy (non-hydrogen) atoms. The molecule has 0 N–H and O–H groups in total. The van der Waals surface area contributed by atoms with Crippen LogP contribution in [0.1, 0.15) is 34.5 Å². The van der Waals surface area contributed by atoms with Crippen molar-refractivity contribution in [2.24, 2.45) is 0 Å². The van der Waals surface area contributed by atoms with Crippen LogP contribution < -0.4 is 0 Å². The van der Waals surface area contributed by atoms with Crippen LogP contribution in [0.25, 0.3) is 0 Å². The molecule has 2 aromatic rings. The first-order chi connectivity index (χ1) is 12.9. The van der Waals surface area contributed by atoms with E-state index in [-0.39, 0.29) is 11.1 Å². The Morgan fingerprint density at radius 3 is 1.11 bits per heavy atom. The van der Waals surface area contributed by atoms with Crippen LogP contribution in [-0.4, -0.2) is 12.4 Å². The van der Waals surface area contributed by atoms with Crippen molar-refractivity contribution in [1.29, 1.82) is 0 Å². The molecule has 0 spiro atoms. The fourth-order valence-corrected chi connectivity index (χ4v) is 5.52. The van der Waals surface area contributed by atoms with Gasteiger partial charge in [-0.15, -0.1) is 0 Å². The third-order valence-electron chi connectivity index (χ3n) is 3.61. The normalized spacial score (nSPS) is 14.7. The molecule has 0 nitrogen and oxygen atoms in total. The van der Waals surface area contributed by atoms with Crippen molar-refractivity contribution in [3.8, 4) is 0 Å². The molecule has 0 bridgehead atoms. The third kappa shape index (κ3) is 7.90. The minimum Gasteiger partial charge on any atom is -0.207 e. The largest absolute Gasteiger partial charge is 0.390 e. The predicted molar refractivity (Wildman–Crippen MR) is 94.8 cm³/mol. The number of alkyl halides is 6. The summed E-state index contributed by atoms with van der Waals surface area (Å²) < 4.78 is 104. The van der Waals surface area contributed by atoms with Crippen LogP contribution in [0.3, 0.4) is 0 Å². The zero-order valence-corrected chi connectivity index (χ0v) is 15.7. The van der Waals surface area contributed by atoms with Gasteiger partial charge in [0.2, 0.25) is 0 Å². The molecule has 0 aliphatic carbocycles. The standard InChI is InChI=1S/C18H14F8S2/c19-13-5-1-11(2-6-13)15(9-17(21,22)23)27-28-16(10-18(24,25)26)12-3-7-14(20)8-4-12/h1-8,15-16H,9-10H2. The maximum atomic E-state index is 13.1. The summed E-state index contributed by atoms with van der Waals surface area (Å²) in [5.41, 5.74) is 0.308. The molecule has 2 rings (SSSR count). The van der Waals surface area contributed by atoms with Gasteiger partial charge in [0.1, 0.15) is 11.6 Å². The van der Waals surface area contributed by atoms with Crippen LogP contribution in [0.15, 0.2) is 48.5 Å². The Labute approximate surface area is 164 Å². The van der Waals surface area contributed by atoms with Gasteiger partial charge in [-0.05, 0) is 35.4 Å². The molecule has 0 saturated heterocycles. The van der Waals surface area contributed by atoms with Crippen LogP contribution in [0, 0.1) is 11.6 Å². The smallest absolute Gasteiger partial charge is 0.207 e. The van der Waals surface area contributed by atoms with E-state index in [1.807, 2.05) is 0 Å². The van der Waals surface area contributed by atoms with Crippen molar-refractivity contribution in [3.63, 3.8) is 0 Å². The highest BCUT2D eigenvalue weighted by Crippen LogP contribution is 2.52. The van der Waals surface area contributed by atoms with Crippen LogP contribution in [0.5, 0.6) is 0 Å². The Bertz CT molecular complexity index is 673. The fourth-order valence-electron chi connectivity index (χ4n) is 2.32. The summed E-state index contributed by atoms with van der Waals surface area (Å²) in [6.45, 7) is 0. The van der Waals surface area contributed by atoms with Crippen molar-refractivity contribution < 1.29 is 35.1 Å². The van der Waals surface area contributed by atoms with Crippen molar-refractivity contribution in [3.05, 3.63) is 71.3 Å². The first-order valence-corrected chi connectivity index (χ1v) is 10.2.